The molecule has 4 heteroatoms. The highest BCUT2D eigenvalue weighted by molar-refractivity contribution is 5.65. The fourth-order valence-electron chi connectivity index (χ4n) is 1.58. The minimum Gasteiger partial charge on any atom is -0.489 e. The Morgan fingerprint density at radius 1 is 1.22 bits per heavy atom. The van der Waals surface area contributed by atoms with E-state index in [0.717, 1.165) is 11.4 Å². The lowest BCUT2D eigenvalue weighted by Gasteiger charge is -2.15. The van der Waals surface area contributed by atoms with Crippen molar-refractivity contribution in [1.82, 2.24) is 4.98 Å². The van der Waals surface area contributed by atoms with Gasteiger partial charge in [0.1, 0.15) is 11.6 Å². The molecule has 0 bridgehead atoms. The average Bonchev–Trinajstić information content (AvgIpc) is 2.31. The van der Waals surface area contributed by atoms with Crippen molar-refractivity contribution in [2.75, 3.05) is 11.1 Å². The standard InChI is InChI=1S/C14H17N3O/c1-10(2)18-13-6-4-3-5-12(13)17-14-9-11(15)7-8-16-14/h3-10H,1-2H3,(H3,15,16,17). The molecule has 1 heterocycles. The number of hydrogen-bond acceptors (Lipinski definition) is 4. The van der Waals surface area contributed by atoms with Gasteiger partial charge in [0, 0.05) is 18.0 Å². The van der Waals surface area contributed by atoms with Crippen LogP contribution in [0.25, 0.3) is 0 Å². The topological polar surface area (TPSA) is 60.2 Å². The molecule has 18 heavy (non-hydrogen) atoms. The molecule has 0 aliphatic carbocycles. The van der Waals surface area contributed by atoms with Crippen LogP contribution >= 0.6 is 0 Å². The van der Waals surface area contributed by atoms with Crippen LogP contribution in [-0.2, 0) is 0 Å². The van der Waals surface area contributed by atoms with Gasteiger partial charge in [0.05, 0.1) is 11.8 Å². The Morgan fingerprint density at radius 2 is 2.00 bits per heavy atom. The summed E-state index contributed by atoms with van der Waals surface area (Å²) >= 11 is 0. The minimum absolute atomic E-state index is 0.127. The summed E-state index contributed by atoms with van der Waals surface area (Å²) in [5.74, 6) is 1.51. The summed E-state index contributed by atoms with van der Waals surface area (Å²) in [6, 6.07) is 11.3. The lowest BCUT2D eigenvalue weighted by molar-refractivity contribution is 0.244. The number of para-hydroxylation sites is 2. The first-order chi connectivity index (χ1) is 8.65. The van der Waals surface area contributed by atoms with Crippen molar-refractivity contribution in [3.8, 4) is 5.75 Å². The Bertz CT molecular complexity index is 526. The van der Waals surface area contributed by atoms with Crippen LogP contribution in [0.5, 0.6) is 5.75 Å². The lowest BCUT2D eigenvalue weighted by Crippen LogP contribution is -2.07. The molecule has 0 atom stereocenters. The maximum absolute atomic E-state index is 5.73. The molecule has 0 radical (unpaired) electrons. The fourth-order valence-corrected chi connectivity index (χ4v) is 1.58. The van der Waals surface area contributed by atoms with Crippen molar-refractivity contribution in [2.24, 2.45) is 0 Å². The molecule has 0 spiro atoms. The van der Waals surface area contributed by atoms with Gasteiger partial charge in [-0.1, -0.05) is 12.1 Å². The Balaban J connectivity index is 2.23. The van der Waals surface area contributed by atoms with Gasteiger partial charge in [-0.05, 0) is 32.0 Å². The number of nitrogens with one attached hydrogen (secondary N) is 1. The van der Waals surface area contributed by atoms with E-state index in [-0.39, 0.29) is 6.10 Å². The second kappa shape index (κ2) is 5.40. The second-order valence-electron chi connectivity index (χ2n) is 4.26. The van der Waals surface area contributed by atoms with E-state index in [4.69, 9.17) is 10.5 Å². The molecule has 0 unspecified atom stereocenters. The summed E-state index contributed by atoms with van der Waals surface area (Å²) in [6.07, 6.45) is 1.80. The molecule has 2 rings (SSSR count). The van der Waals surface area contributed by atoms with E-state index in [2.05, 4.69) is 10.3 Å². The van der Waals surface area contributed by atoms with Crippen molar-refractivity contribution in [3.63, 3.8) is 0 Å². The monoisotopic (exact) mass is 243 g/mol. The molecule has 0 aliphatic heterocycles. The number of pyridine rings is 1. The normalized spacial score (nSPS) is 10.4. The quantitative estimate of drug-likeness (QED) is 0.865. The number of nitrogens with zero attached hydrogens (tertiary/aromatic N) is 1. The Morgan fingerprint density at radius 3 is 2.72 bits per heavy atom. The number of ether oxygens (including phenoxy) is 1. The third-order valence-corrected chi connectivity index (χ3v) is 2.30. The van der Waals surface area contributed by atoms with E-state index in [1.54, 1.807) is 18.3 Å². The van der Waals surface area contributed by atoms with Crippen LogP contribution in [0.1, 0.15) is 13.8 Å². The first-order valence-corrected chi connectivity index (χ1v) is 5.89. The molecular weight excluding hydrogens is 226 g/mol. The van der Waals surface area contributed by atoms with Crippen molar-refractivity contribution in [3.05, 3.63) is 42.6 Å². The lowest BCUT2D eigenvalue weighted by atomic mass is 10.3. The number of rotatable bonds is 4. The summed E-state index contributed by atoms with van der Waals surface area (Å²) in [5, 5.41) is 3.20. The highest BCUT2D eigenvalue weighted by Crippen LogP contribution is 2.27. The van der Waals surface area contributed by atoms with E-state index in [1.165, 1.54) is 0 Å². The first-order valence-electron chi connectivity index (χ1n) is 5.89. The number of nitrogens with two attached hydrogens (primary N) is 1. The Labute approximate surface area is 107 Å². The number of anilines is 3. The molecule has 0 saturated carbocycles. The van der Waals surface area contributed by atoms with Gasteiger partial charge < -0.3 is 15.8 Å². The molecule has 0 saturated heterocycles. The van der Waals surface area contributed by atoms with E-state index < -0.39 is 0 Å². The van der Waals surface area contributed by atoms with Crippen molar-refractivity contribution in [1.29, 1.82) is 0 Å². The smallest absolute Gasteiger partial charge is 0.143 e. The van der Waals surface area contributed by atoms with Crippen LogP contribution in [0.2, 0.25) is 0 Å². The predicted octanol–water partition coefficient (Wildman–Crippen LogP) is 3.19. The number of aromatic nitrogens is 1. The number of benzene rings is 1. The highest BCUT2D eigenvalue weighted by atomic mass is 16.5. The zero-order valence-electron chi connectivity index (χ0n) is 10.6. The van der Waals surface area contributed by atoms with Crippen LogP contribution in [0.4, 0.5) is 17.2 Å². The summed E-state index contributed by atoms with van der Waals surface area (Å²) in [7, 11) is 0. The molecule has 4 nitrogen and oxygen atoms in total. The number of nitrogen functional groups attached to an aromatic ring is 1. The molecule has 94 valence electrons. The third kappa shape index (κ3) is 3.13. The van der Waals surface area contributed by atoms with Crippen LogP contribution in [0.3, 0.4) is 0 Å². The van der Waals surface area contributed by atoms with Crippen LogP contribution in [0, 0.1) is 0 Å². The maximum atomic E-state index is 5.73. The van der Waals surface area contributed by atoms with Crippen LogP contribution in [0.15, 0.2) is 42.6 Å². The SMILES string of the molecule is CC(C)Oc1ccccc1Nc1cc(N)ccn1. The Kier molecular flexibility index (Phi) is 3.67. The maximum Gasteiger partial charge on any atom is 0.143 e. The molecule has 0 aliphatic rings. The zero-order valence-corrected chi connectivity index (χ0v) is 10.6. The zero-order chi connectivity index (χ0) is 13.0. The van der Waals surface area contributed by atoms with Crippen molar-refractivity contribution >= 4 is 17.2 Å². The molecule has 2 aromatic rings. The van der Waals surface area contributed by atoms with Gasteiger partial charge in [0.25, 0.3) is 0 Å². The molecule has 1 aromatic heterocycles. The van der Waals surface area contributed by atoms with E-state index in [0.29, 0.717) is 11.5 Å². The largest absolute Gasteiger partial charge is 0.489 e. The second-order valence-corrected chi connectivity index (χ2v) is 4.26. The van der Waals surface area contributed by atoms with E-state index in [1.807, 2.05) is 38.1 Å². The molecule has 1 aromatic carbocycles. The molecule has 3 N–H and O–H groups in total. The van der Waals surface area contributed by atoms with Gasteiger partial charge in [-0.15, -0.1) is 0 Å². The van der Waals surface area contributed by atoms with Crippen LogP contribution in [-0.4, -0.2) is 11.1 Å². The molecular formula is C14H17N3O. The summed E-state index contributed by atoms with van der Waals surface area (Å²) in [4.78, 5) is 4.21. The Hall–Kier alpha value is -2.23. The van der Waals surface area contributed by atoms with Crippen molar-refractivity contribution in [2.45, 2.75) is 20.0 Å². The van der Waals surface area contributed by atoms with Crippen molar-refractivity contribution < 1.29 is 4.74 Å². The van der Waals surface area contributed by atoms with Gasteiger partial charge >= 0.3 is 0 Å². The highest BCUT2D eigenvalue weighted by Gasteiger charge is 2.05. The first kappa shape index (κ1) is 12.2. The third-order valence-electron chi connectivity index (χ3n) is 2.30. The molecule has 0 fully saturated rings. The number of hydrogen-bond donors (Lipinski definition) is 2. The van der Waals surface area contributed by atoms with Gasteiger partial charge in [-0.3, -0.25) is 0 Å². The minimum atomic E-state index is 0.127. The van der Waals surface area contributed by atoms with Gasteiger partial charge in [-0.2, -0.15) is 0 Å². The van der Waals surface area contributed by atoms with Gasteiger partial charge in [0.2, 0.25) is 0 Å². The van der Waals surface area contributed by atoms with Crippen LogP contribution < -0.4 is 15.8 Å². The predicted molar refractivity (Wildman–Crippen MR) is 74.1 cm³/mol. The van der Waals surface area contributed by atoms with E-state index >= 15 is 0 Å². The van der Waals surface area contributed by atoms with Gasteiger partial charge in [-0.25, -0.2) is 4.98 Å². The summed E-state index contributed by atoms with van der Waals surface area (Å²) in [6.45, 7) is 3.99. The molecule has 0 amide bonds. The summed E-state index contributed by atoms with van der Waals surface area (Å²) < 4.78 is 5.73. The fraction of sp³-hybridized carbons (Fsp3) is 0.214. The summed E-state index contributed by atoms with van der Waals surface area (Å²) in [5.41, 5.74) is 7.27. The average molecular weight is 243 g/mol. The van der Waals surface area contributed by atoms with E-state index in [9.17, 15) is 0 Å². The van der Waals surface area contributed by atoms with Gasteiger partial charge in [0.15, 0.2) is 0 Å².